The predicted octanol–water partition coefficient (Wildman–Crippen LogP) is 3.83. The summed E-state index contributed by atoms with van der Waals surface area (Å²) in [6.07, 6.45) is -1.29. The average Bonchev–Trinajstić information content (AvgIpc) is 2.48. The van der Waals surface area contributed by atoms with Crippen LogP contribution in [0.25, 0.3) is 0 Å². The highest BCUT2D eigenvalue weighted by molar-refractivity contribution is 5.82. The van der Waals surface area contributed by atoms with Crippen LogP contribution < -0.4 is 5.32 Å². The van der Waals surface area contributed by atoms with E-state index in [1.807, 2.05) is 51.1 Å². The van der Waals surface area contributed by atoms with E-state index in [4.69, 9.17) is 14.2 Å². The van der Waals surface area contributed by atoms with Gasteiger partial charge in [0.15, 0.2) is 6.04 Å². The van der Waals surface area contributed by atoms with Gasteiger partial charge in [0.25, 0.3) is 0 Å². The number of esters is 1. The summed E-state index contributed by atoms with van der Waals surface area (Å²) in [6.45, 7) is 12.8. The van der Waals surface area contributed by atoms with Gasteiger partial charge < -0.3 is 19.5 Å². The zero-order valence-corrected chi connectivity index (χ0v) is 16.8. The Morgan fingerprint density at radius 3 is 2.08 bits per heavy atom. The topological polar surface area (TPSA) is 73.9 Å². The van der Waals surface area contributed by atoms with Crippen LogP contribution in [-0.2, 0) is 25.6 Å². The fraction of sp³-hybridized carbons (Fsp3) is 0.600. The normalized spacial score (nSPS) is 14.3. The van der Waals surface area contributed by atoms with Crippen molar-refractivity contribution in [2.45, 2.75) is 78.4 Å². The number of nitrogens with one attached hydrogen (secondary N) is 1. The maximum atomic E-state index is 12.5. The molecule has 0 fully saturated rings. The maximum absolute atomic E-state index is 12.5. The van der Waals surface area contributed by atoms with Gasteiger partial charge in [0.2, 0.25) is 0 Å². The molecule has 0 aliphatic rings. The summed E-state index contributed by atoms with van der Waals surface area (Å²) in [6, 6.07) is 8.33. The number of amides is 1. The minimum absolute atomic E-state index is 0.113. The molecule has 146 valence electrons. The molecule has 2 unspecified atom stereocenters. The maximum Gasteiger partial charge on any atom is 0.408 e. The van der Waals surface area contributed by atoms with Crippen LogP contribution in [0.1, 0.15) is 54.0 Å². The molecule has 6 nitrogen and oxygen atoms in total. The number of ether oxygens (including phenoxy) is 3. The SMILES string of the molecule is CC(OC(C)(C)C)C(NC(=O)OCc1ccccc1)C(=O)OC(C)(C)C. The summed E-state index contributed by atoms with van der Waals surface area (Å²) in [4.78, 5) is 24.7. The lowest BCUT2D eigenvalue weighted by molar-refractivity contribution is -0.164. The zero-order valence-electron chi connectivity index (χ0n) is 16.8. The molecule has 1 aromatic carbocycles. The van der Waals surface area contributed by atoms with Crippen LogP contribution >= 0.6 is 0 Å². The monoisotopic (exact) mass is 365 g/mol. The van der Waals surface area contributed by atoms with Gasteiger partial charge in [-0.15, -0.1) is 0 Å². The molecule has 26 heavy (non-hydrogen) atoms. The van der Waals surface area contributed by atoms with E-state index in [0.717, 1.165) is 5.56 Å². The number of carbonyl (C=O) groups excluding carboxylic acids is 2. The van der Waals surface area contributed by atoms with Crippen LogP contribution in [0.4, 0.5) is 4.79 Å². The minimum atomic E-state index is -0.975. The van der Waals surface area contributed by atoms with E-state index in [2.05, 4.69) is 5.32 Å². The second kappa shape index (κ2) is 9.03. The standard InChI is InChI=1S/C20H31NO5/c1-14(25-19(2,3)4)16(17(22)26-20(5,6)7)21-18(23)24-13-15-11-9-8-10-12-15/h8-12,14,16H,13H2,1-7H3,(H,21,23). The van der Waals surface area contributed by atoms with Gasteiger partial charge in [0.1, 0.15) is 12.2 Å². The van der Waals surface area contributed by atoms with Crippen molar-refractivity contribution in [2.24, 2.45) is 0 Å². The Hall–Kier alpha value is -2.08. The average molecular weight is 365 g/mol. The Morgan fingerprint density at radius 1 is 1.00 bits per heavy atom. The minimum Gasteiger partial charge on any atom is -0.458 e. The molecule has 0 aromatic heterocycles. The zero-order chi connectivity index (χ0) is 20.0. The quantitative estimate of drug-likeness (QED) is 0.776. The van der Waals surface area contributed by atoms with E-state index in [9.17, 15) is 9.59 Å². The van der Waals surface area contributed by atoms with Crippen LogP contribution in [0.2, 0.25) is 0 Å². The lowest BCUT2D eigenvalue weighted by Crippen LogP contribution is -2.52. The second-order valence-electron chi connectivity index (χ2n) is 8.15. The fourth-order valence-electron chi connectivity index (χ4n) is 2.25. The van der Waals surface area contributed by atoms with Gasteiger partial charge in [-0.2, -0.15) is 0 Å². The summed E-state index contributed by atoms with van der Waals surface area (Å²) in [5.41, 5.74) is -0.294. The van der Waals surface area contributed by atoms with Crippen LogP contribution in [0.15, 0.2) is 30.3 Å². The number of alkyl carbamates (subject to hydrolysis) is 1. The highest BCUT2D eigenvalue weighted by Crippen LogP contribution is 2.16. The van der Waals surface area contributed by atoms with Gasteiger partial charge >= 0.3 is 12.1 Å². The van der Waals surface area contributed by atoms with Crippen molar-refractivity contribution in [1.82, 2.24) is 5.32 Å². The first-order chi connectivity index (χ1) is 11.9. The lowest BCUT2D eigenvalue weighted by Gasteiger charge is -2.31. The molecule has 0 heterocycles. The first-order valence-corrected chi connectivity index (χ1v) is 8.75. The van der Waals surface area contributed by atoms with E-state index in [-0.39, 0.29) is 6.61 Å². The molecule has 0 aliphatic heterocycles. The molecule has 6 heteroatoms. The van der Waals surface area contributed by atoms with Crippen molar-refractivity contribution in [3.63, 3.8) is 0 Å². The Morgan fingerprint density at radius 2 is 1.58 bits per heavy atom. The van der Waals surface area contributed by atoms with Crippen molar-refractivity contribution in [1.29, 1.82) is 0 Å². The van der Waals surface area contributed by atoms with Gasteiger partial charge in [-0.05, 0) is 54.0 Å². The molecule has 1 aromatic rings. The number of hydrogen-bond donors (Lipinski definition) is 1. The molecule has 0 saturated carbocycles. The molecule has 1 N–H and O–H groups in total. The Balaban J connectivity index is 2.76. The highest BCUT2D eigenvalue weighted by atomic mass is 16.6. The van der Waals surface area contributed by atoms with Crippen molar-refractivity contribution < 1.29 is 23.8 Å². The third-order valence-corrected chi connectivity index (χ3v) is 3.16. The highest BCUT2D eigenvalue weighted by Gasteiger charge is 2.34. The molecule has 1 rings (SSSR count). The van der Waals surface area contributed by atoms with Gasteiger partial charge in [-0.3, -0.25) is 0 Å². The largest absolute Gasteiger partial charge is 0.458 e. The lowest BCUT2D eigenvalue weighted by atomic mass is 10.1. The summed E-state index contributed by atoms with van der Waals surface area (Å²) in [5, 5.41) is 2.57. The van der Waals surface area contributed by atoms with E-state index < -0.39 is 35.4 Å². The number of carbonyl (C=O) groups is 2. The van der Waals surface area contributed by atoms with Crippen molar-refractivity contribution in [3.05, 3.63) is 35.9 Å². The summed E-state index contributed by atoms with van der Waals surface area (Å²) >= 11 is 0. The summed E-state index contributed by atoms with van der Waals surface area (Å²) in [5.74, 6) is -0.564. The second-order valence-corrected chi connectivity index (χ2v) is 8.15. The third-order valence-electron chi connectivity index (χ3n) is 3.16. The van der Waals surface area contributed by atoms with Crippen LogP contribution in [0.5, 0.6) is 0 Å². The Kier molecular flexibility index (Phi) is 7.63. The number of hydrogen-bond acceptors (Lipinski definition) is 5. The van der Waals surface area contributed by atoms with Crippen molar-refractivity contribution >= 4 is 12.1 Å². The smallest absolute Gasteiger partial charge is 0.408 e. The van der Waals surface area contributed by atoms with Crippen molar-refractivity contribution in [3.8, 4) is 0 Å². The molecule has 0 aliphatic carbocycles. The first-order valence-electron chi connectivity index (χ1n) is 8.75. The van der Waals surface area contributed by atoms with Gasteiger partial charge in [0.05, 0.1) is 11.7 Å². The molecule has 2 atom stereocenters. The van der Waals surface area contributed by atoms with Crippen LogP contribution in [0, 0.1) is 0 Å². The molecule has 0 spiro atoms. The molecule has 0 radical (unpaired) electrons. The fourth-order valence-corrected chi connectivity index (χ4v) is 2.25. The van der Waals surface area contributed by atoms with E-state index in [1.165, 1.54) is 0 Å². The van der Waals surface area contributed by atoms with Crippen LogP contribution in [-0.4, -0.2) is 35.4 Å². The van der Waals surface area contributed by atoms with E-state index in [1.54, 1.807) is 27.7 Å². The van der Waals surface area contributed by atoms with Gasteiger partial charge in [-0.1, -0.05) is 30.3 Å². The third kappa shape index (κ3) is 8.85. The predicted molar refractivity (Wildman–Crippen MR) is 99.7 cm³/mol. The van der Waals surface area contributed by atoms with Gasteiger partial charge in [-0.25, -0.2) is 9.59 Å². The molecule has 0 bridgehead atoms. The summed E-state index contributed by atoms with van der Waals surface area (Å²) in [7, 11) is 0. The van der Waals surface area contributed by atoms with Crippen molar-refractivity contribution in [2.75, 3.05) is 0 Å². The molecular weight excluding hydrogens is 334 g/mol. The molecule has 0 saturated heterocycles. The number of benzene rings is 1. The van der Waals surface area contributed by atoms with E-state index >= 15 is 0 Å². The summed E-state index contributed by atoms with van der Waals surface area (Å²) < 4.78 is 16.4. The van der Waals surface area contributed by atoms with Gasteiger partial charge in [0, 0.05) is 0 Å². The molecule has 1 amide bonds. The Bertz CT molecular complexity index is 586. The Labute approximate surface area is 156 Å². The van der Waals surface area contributed by atoms with Crippen LogP contribution in [0.3, 0.4) is 0 Å². The molecular formula is C20H31NO5. The first kappa shape index (κ1) is 22.0. The number of rotatable bonds is 6. The van der Waals surface area contributed by atoms with E-state index in [0.29, 0.717) is 0 Å².